The molecule has 0 bridgehead atoms. The summed E-state index contributed by atoms with van der Waals surface area (Å²) < 4.78 is 7.27. The van der Waals surface area contributed by atoms with Crippen molar-refractivity contribution in [3.05, 3.63) is 58.3 Å². The topological polar surface area (TPSA) is 91.3 Å². The maximum absolute atomic E-state index is 10.4. The van der Waals surface area contributed by atoms with Crippen LogP contribution in [0.2, 0.25) is 0 Å². The molecular weight excluding hydrogens is 342 g/mol. The zero-order valence-corrected chi connectivity index (χ0v) is 15.7. The van der Waals surface area contributed by atoms with Crippen molar-refractivity contribution in [1.29, 1.82) is 5.26 Å². The maximum atomic E-state index is 10.4. The molecular formula is C21H21N3O3. The molecule has 0 aliphatic rings. The molecule has 2 N–H and O–H groups in total. The van der Waals surface area contributed by atoms with E-state index in [2.05, 4.69) is 11.1 Å². The molecule has 27 heavy (non-hydrogen) atoms. The summed E-state index contributed by atoms with van der Waals surface area (Å²) in [6, 6.07) is 9.07. The van der Waals surface area contributed by atoms with Crippen molar-refractivity contribution in [2.45, 2.75) is 34.1 Å². The summed E-state index contributed by atoms with van der Waals surface area (Å²) in [6.07, 6.45) is 2.16. The van der Waals surface area contributed by atoms with Crippen LogP contribution in [0.5, 0.6) is 23.4 Å². The number of nitrogens with zero attached hydrogens (tertiary/aromatic N) is 3. The number of aromatic hydroxyl groups is 2. The van der Waals surface area contributed by atoms with Crippen LogP contribution in [-0.4, -0.2) is 19.8 Å². The summed E-state index contributed by atoms with van der Waals surface area (Å²) in [5.41, 5.74) is 4.07. The molecule has 138 valence electrons. The van der Waals surface area contributed by atoms with Gasteiger partial charge >= 0.3 is 0 Å². The Labute approximate surface area is 157 Å². The van der Waals surface area contributed by atoms with Crippen LogP contribution in [0.1, 0.15) is 34.7 Å². The number of nitriles is 1. The molecule has 0 aliphatic heterocycles. The number of hydrogen-bond acceptors (Lipinski definition) is 5. The normalized spacial score (nSPS) is 10.6. The highest BCUT2D eigenvalue weighted by atomic mass is 16.5. The number of aromatic nitrogens is 2. The van der Waals surface area contributed by atoms with Gasteiger partial charge in [0.15, 0.2) is 0 Å². The second-order valence-corrected chi connectivity index (χ2v) is 6.45. The zero-order valence-electron chi connectivity index (χ0n) is 15.7. The van der Waals surface area contributed by atoms with Crippen LogP contribution in [0, 0.1) is 32.1 Å². The first-order valence-corrected chi connectivity index (χ1v) is 8.65. The molecule has 0 fully saturated rings. The van der Waals surface area contributed by atoms with Gasteiger partial charge in [-0.3, -0.25) is 0 Å². The molecule has 1 aromatic carbocycles. The van der Waals surface area contributed by atoms with Crippen molar-refractivity contribution >= 4 is 0 Å². The summed E-state index contributed by atoms with van der Waals surface area (Å²) in [6.45, 7) is 7.41. The molecule has 3 aromatic rings. The van der Waals surface area contributed by atoms with Gasteiger partial charge in [0.1, 0.15) is 5.75 Å². The number of rotatable bonds is 4. The van der Waals surface area contributed by atoms with Crippen LogP contribution in [0.3, 0.4) is 0 Å². The number of benzene rings is 1. The van der Waals surface area contributed by atoms with Gasteiger partial charge in [-0.05, 0) is 57.0 Å². The lowest BCUT2D eigenvalue weighted by molar-refractivity contribution is 0.399. The first-order chi connectivity index (χ1) is 12.9. The average Bonchev–Trinajstić information content (AvgIpc) is 2.86. The smallest absolute Gasteiger partial charge is 0.222 e. The molecule has 0 saturated heterocycles. The molecule has 0 amide bonds. The van der Waals surface area contributed by atoms with Crippen LogP contribution in [-0.2, 0) is 6.42 Å². The SMILES string of the molecule is CCc1c(C)c(O)n(-c2cnc(Oc3ccc(C#N)cc3C)c(C)c2)c1O. The Balaban J connectivity index is 1.97. The number of ether oxygens (including phenoxy) is 1. The van der Waals surface area contributed by atoms with Gasteiger partial charge < -0.3 is 14.9 Å². The Kier molecular flexibility index (Phi) is 4.78. The van der Waals surface area contributed by atoms with E-state index in [1.165, 1.54) is 4.57 Å². The molecule has 0 aliphatic carbocycles. The number of aryl methyl sites for hydroxylation is 2. The number of hydrogen-bond donors (Lipinski definition) is 2. The highest BCUT2D eigenvalue weighted by Crippen LogP contribution is 2.37. The second kappa shape index (κ2) is 7.04. The van der Waals surface area contributed by atoms with Gasteiger partial charge in [0, 0.05) is 16.7 Å². The quantitative estimate of drug-likeness (QED) is 0.715. The van der Waals surface area contributed by atoms with Crippen molar-refractivity contribution < 1.29 is 14.9 Å². The summed E-state index contributed by atoms with van der Waals surface area (Å²) >= 11 is 0. The van der Waals surface area contributed by atoms with Crippen LogP contribution >= 0.6 is 0 Å². The fourth-order valence-corrected chi connectivity index (χ4v) is 3.09. The molecule has 3 rings (SSSR count). The number of pyridine rings is 1. The molecule has 0 spiro atoms. The van der Waals surface area contributed by atoms with Crippen molar-refractivity contribution in [2.75, 3.05) is 0 Å². The van der Waals surface area contributed by atoms with E-state index in [1.54, 1.807) is 37.4 Å². The van der Waals surface area contributed by atoms with Crippen LogP contribution < -0.4 is 4.74 Å². The summed E-state index contributed by atoms with van der Waals surface area (Å²) in [5, 5.41) is 29.8. The zero-order chi connectivity index (χ0) is 19.7. The second-order valence-electron chi connectivity index (χ2n) is 6.45. The van der Waals surface area contributed by atoms with E-state index < -0.39 is 0 Å². The minimum Gasteiger partial charge on any atom is -0.494 e. The van der Waals surface area contributed by atoms with Gasteiger partial charge in [-0.2, -0.15) is 5.26 Å². The first-order valence-electron chi connectivity index (χ1n) is 8.65. The van der Waals surface area contributed by atoms with Crippen molar-refractivity contribution in [3.8, 4) is 35.1 Å². The Bertz CT molecular complexity index is 1060. The van der Waals surface area contributed by atoms with Crippen LogP contribution in [0.15, 0.2) is 30.5 Å². The third-order valence-electron chi connectivity index (χ3n) is 4.62. The monoisotopic (exact) mass is 363 g/mol. The first kappa shape index (κ1) is 18.3. The summed E-state index contributed by atoms with van der Waals surface area (Å²) in [7, 11) is 0. The molecule has 0 unspecified atom stereocenters. The highest BCUT2D eigenvalue weighted by Gasteiger charge is 2.20. The predicted molar refractivity (Wildman–Crippen MR) is 102 cm³/mol. The average molecular weight is 363 g/mol. The van der Waals surface area contributed by atoms with Gasteiger partial charge in [-0.25, -0.2) is 9.55 Å². The summed E-state index contributed by atoms with van der Waals surface area (Å²) in [4.78, 5) is 4.35. The molecule has 6 nitrogen and oxygen atoms in total. The van der Waals surface area contributed by atoms with E-state index in [0.29, 0.717) is 40.4 Å². The predicted octanol–water partition coefficient (Wildman–Crippen LogP) is 4.44. The Morgan fingerprint density at radius 2 is 1.85 bits per heavy atom. The van der Waals surface area contributed by atoms with E-state index in [9.17, 15) is 10.2 Å². The fourth-order valence-electron chi connectivity index (χ4n) is 3.09. The van der Waals surface area contributed by atoms with Crippen molar-refractivity contribution in [3.63, 3.8) is 0 Å². The third-order valence-corrected chi connectivity index (χ3v) is 4.62. The molecule has 2 heterocycles. The summed E-state index contributed by atoms with van der Waals surface area (Å²) in [5.74, 6) is 1.06. The van der Waals surface area contributed by atoms with Crippen LogP contribution in [0.25, 0.3) is 5.69 Å². The molecule has 0 radical (unpaired) electrons. The van der Waals surface area contributed by atoms with E-state index in [4.69, 9.17) is 10.00 Å². The fraction of sp³-hybridized carbons (Fsp3) is 0.238. The standard InChI is InChI=1S/C21H21N3O3/c1-5-17-14(4)20(25)24(21(17)26)16-9-13(3)19(23-11-16)27-18-7-6-15(10-22)8-12(18)2/h6-9,11,25-26H,5H2,1-4H3. The van der Waals surface area contributed by atoms with Gasteiger partial charge in [-0.15, -0.1) is 0 Å². The van der Waals surface area contributed by atoms with Gasteiger partial charge in [0.2, 0.25) is 17.6 Å². The van der Waals surface area contributed by atoms with Gasteiger partial charge in [-0.1, -0.05) is 6.92 Å². The maximum Gasteiger partial charge on any atom is 0.222 e. The van der Waals surface area contributed by atoms with Crippen LogP contribution in [0.4, 0.5) is 0 Å². The van der Waals surface area contributed by atoms with Gasteiger partial charge in [0.05, 0.1) is 23.5 Å². The molecule has 6 heteroatoms. The third kappa shape index (κ3) is 3.20. The Morgan fingerprint density at radius 3 is 2.41 bits per heavy atom. The van der Waals surface area contributed by atoms with Crippen molar-refractivity contribution in [1.82, 2.24) is 9.55 Å². The Morgan fingerprint density at radius 1 is 1.11 bits per heavy atom. The van der Waals surface area contributed by atoms with E-state index in [-0.39, 0.29) is 11.8 Å². The van der Waals surface area contributed by atoms with E-state index in [0.717, 1.165) is 11.1 Å². The Hall–Kier alpha value is -3.46. The van der Waals surface area contributed by atoms with Crippen molar-refractivity contribution in [2.24, 2.45) is 0 Å². The molecule has 2 aromatic heterocycles. The highest BCUT2D eigenvalue weighted by molar-refractivity contribution is 5.53. The minimum absolute atomic E-state index is 0.00200. The largest absolute Gasteiger partial charge is 0.494 e. The lowest BCUT2D eigenvalue weighted by Crippen LogP contribution is -1.99. The minimum atomic E-state index is 0.00200. The van der Waals surface area contributed by atoms with E-state index in [1.807, 2.05) is 20.8 Å². The lowest BCUT2D eigenvalue weighted by atomic mass is 10.1. The molecule has 0 atom stereocenters. The lowest BCUT2D eigenvalue weighted by Gasteiger charge is -2.13. The van der Waals surface area contributed by atoms with Gasteiger partial charge in [0.25, 0.3) is 0 Å². The molecule has 0 saturated carbocycles. The van der Waals surface area contributed by atoms with E-state index >= 15 is 0 Å².